The first-order valence-corrected chi connectivity index (χ1v) is 8.75. The molecule has 1 N–H and O–H groups in total. The number of hydrogen-bond acceptors (Lipinski definition) is 6. The third kappa shape index (κ3) is 3.34. The Morgan fingerprint density at radius 2 is 1.75 bits per heavy atom. The molecule has 1 atom stereocenters. The van der Waals surface area contributed by atoms with E-state index in [1.165, 1.54) is 23.1 Å². The Bertz CT molecular complexity index is 954. The summed E-state index contributed by atoms with van der Waals surface area (Å²) in [6.45, 7) is 3.43. The van der Waals surface area contributed by atoms with Gasteiger partial charge in [-0.1, -0.05) is 36.4 Å². The van der Waals surface area contributed by atoms with E-state index in [9.17, 15) is 19.5 Å². The number of carboxylic acids is 1. The lowest BCUT2D eigenvalue weighted by atomic mass is 10.0. The van der Waals surface area contributed by atoms with E-state index in [1.807, 2.05) is 0 Å². The van der Waals surface area contributed by atoms with Gasteiger partial charge in [0.15, 0.2) is 5.54 Å². The van der Waals surface area contributed by atoms with E-state index in [1.54, 1.807) is 56.3 Å². The van der Waals surface area contributed by atoms with Gasteiger partial charge in [0.05, 0.1) is 12.6 Å². The highest BCUT2D eigenvalue weighted by atomic mass is 16.5. The van der Waals surface area contributed by atoms with Crippen molar-refractivity contribution in [1.82, 2.24) is 0 Å². The molecule has 1 aliphatic heterocycles. The minimum Gasteiger partial charge on any atom is -0.545 e. The summed E-state index contributed by atoms with van der Waals surface area (Å²) < 4.78 is 5.18. The Morgan fingerprint density at radius 1 is 1.11 bits per heavy atom. The summed E-state index contributed by atoms with van der Waals surface area (Å²) in [5, 5.41) is 14.2. The highest BCUT2D eigenvalue weighted by molar-refractivity contribution is 6.17. The van der Waals surface area contributed by atoms with Gasteiger partial charge in [-0.05, 0) is 38.1 Å². The molecule has 0 saturated heterocycles. The summed E-state index contributed by atoms with van der Waals surface area (Å²) in [5.41, 5.74) is -0.680. The van der Waals surface area contributed by atoms with Crippen molar-refractivity contribution in [1.29, 1.82) is 0 Å². The number of ether oxygens (including phenoxy) is 1. The molecular weight excluding hydrogens is 360 g/mol. The second kappa shape index (κ2) is 7.56. The minimum atomic E-state index is -1.38. The Labute approximate surface area is 162 Å². The fourth-order valence-corrected chi connectivity index (χ4v) is 3.13. The van der Waals surface area contributed by atoms with Gasteiger partial charge in [-0.15, -0.1) is 0 Å². The third-order valence-corrected chi connectivity index (χ3v) is 4.44. The van der Waals surface area contributed by atoms with Crippen molar-refractivity contribution in [3.05, 3.63) is 71.9 Å². The molecule has 28 heavy (non-hydrogen) atoms. The van der Waals surface area contributed by atoms with Crippen LogP contribution in [0.3, 0.4) is 0 Å². The van der Waals surface area contributed by atoms with E-state index >= 15 is 0 Å². The average molecular weight is 379 g/mol. The molecule has 1 amide bonds. The van der Waals surface area contributed by atoms with E-state index in [0.717, 1.165) is 0 Å². The molecule has 7 nitrogen and oxygen atoms in total. The van der Waals surface area contributed by atoms with E-state index in [4.69, 9.17) is 4.74 Å². The van der Waals surface area contributed by atoms with Gasteiger partial charge in [0.2, 0.25) is 0 Å². The van der Waals surface area contributed by atoms with Crippen LogP contribution in [0, 0.1) is 0 Å². The van der Waals surface area contributed by atoms with Crippen molar-refractivity contribution in [2.75, 3.05) is 16.8 Å². The van der Waals surface area contributed by atoms with Crippen molar-refractivity contribution in [2.45, 2.75) is 19.4 Å². The van der Waals surface area contributed by atoms with E-state index in [-0.39, 0.29) is 23.6 Å². The quantitative estimate of drug-likeness (QED) is 0.768. The maximum absolute atomic E-state index is 13.1. The zero-order valence-electron chi connectivity index (χ0n) is 15.5. The lowest BCUT2D eigenvalue weighted by molar-refractivity contribution is -0.254. The predicted molar refractivity (Wildman–Crippen MR) is 101 cm³/mol. The molecule has 0 saturated carbocycles. The number of para-hydroxylation sites is 2. The fourth-order valence-electron chi connectivity index (χ4n) is 3.13. The summed E-state index contributed by atoms with van der Waals surface area (Å²) in [6, 6.07) is 14.8. The molecule has 2 aromatic carbocycles. The Morgan fingerprint density at radius 3 is 2.39 bits per heavy atom. The van der Waals surface area contributed by atoms with E-state index < -0.39 is 23.4 Å². The van der Waals surface area contributed by atoms with Crippen LogP contribution < -0.4 is 15.3 Å². The molecule has 0 unspecified atom stereocenters. The fraction of sp³-hybridized carbons (Fsp3) is 0.190. The van der Waals surface area contributed by atoms with Crippen LogP contribution in [-0.2, 0) is 14.3 Å². The van der Waals surface area contributed by atoms with Crippen molar-refractivity contribution in [2.24, 2.45) is 0 Å². The van der Waals surface area contributed by atoms with Gasteiger partial charge in [-0.2, -0.15) is 0 Å². The monoisotopic (exact) mass is 379 g/mol. The lowest BCUT2D eigenvalue weighted by Gasteiger charge is -2.32. The number of carboxylic acid groups (broad SMARTS) is 1. The molecule has 0 bridgehead atoms. The van der Waals surface area contributed by atoms with Crippen molar-refractivity contribution in [3.8, 4) is 0 Å². The van der Waals surface area contributed by atoms with Gasteiger partial charge >= 0.3 is 5.97 Å². The predicted octanol–water partition coefficient (Wildman–Crippen LogP) is 1.71. The number of esters is 1. The molecule has 1 aliphatic rings. The number of nitrogens with one attached hydrogen (secondary N) is 1. The summed E-state index contributed by atoms with van der Waals surface area (Å²) in [7, 11) is 0. The molecular formula is C21H19N2O5-. The molecule has 0 aliphatic carbocycles. The Kier molecular flexibility index (Phi) is 5.17. The Hall–Kier alpha value is -3.61. The molecule has 3 rings (SSSR count). The number of amides is 1. The second-order valence-corrected chi connectivity index (χ2v) is 6.36. The number of hydrogen-bond donors (Lipinski definition) is 1. The number of rotatable bonds is 6. The lowest BCUT2D eigenvalue weighted by Crippen LogP contribution is -2.51. The van der Waals surface area contributed by atoms with Crippen molar-refractivity contribution < 1.29 is 24.2 Å². The van der Waals surface area contributed by atoms with Crippen LogP contribution >= 0.6 is 0 Å². The maximum Gasteiger partial charge on any atom is 0.336 e. The van der Waals surface area contributed by atoms with Gasteiger partial charge < -0.3 is 20.0 Å². The highest BCUT2D eigenvalue weighted by Crippen LogP contribution is 2.35. The van der Waals surface area contributed by atoms with Crippen LogP contribution in [0.25, 0.3) is 0 Å². The van der Waals surface area contributed by atoms with Gasteiger partial charge in [0.25, 0.3) is 5.91 Å². The van der Waals surface area contributed by atoms with Gasteiger partial charge in [0.1, 0.15) is 5.70 Å². The topological polar surface area (TPSA) is 98.8 Å². The van der Waals surface area contributed by atoms with Gasteiger partial charge in [-0.3, -0.25) is 9.69 Å². The molecule has 0 fully saturated rings. The highest BCUT2D eigenvalue weighted by Gasteiger charge is 2.49. The van der Waals surface area contributed by atoms with Crippen LogP contribution in [0.15, 0.2) is 66.4 Å². The largest absolute Gasteiger partial charge is 0.545 e. The Balaban J connectivity index is 2.04. The van der Waals surface area contributed by atoms with Crippen LogP contribution in [-0.4, -0.2) is 30.0 Å². The first kappa shape index (κ1) is 19.2. The zero-order valence-corrected chi connectivity index (χ0v) is 15.5. The van der Waals surface area contributed by atoms with Gasteiger partial charge in [0, 0.05) is 16.9 Å². The summed E-state index contributed by atoms with van der Waals surface area (Å²) in [4.78, 5) is 38.5. The first-order chi connectivity index (χ1) is 13.4. The molecule has 0 spiro atoms. The van der Waals surface area contributed by atoms with Crippen LogP contribution in [0.1, 0.15) is 24.2 Å². The van der Waals surface area contributed by atoms with E-state index in [2.05, 4.69) is 5.32 Å². The summed E-state index contributed by atoms with van der Waals surface area (Å²) in [6.07, 6.45) is 1.45. The molecule has 7 heteroatoms. The number of nitrogens with zero attached hydrogens (tertiary/aromatic N) is 1. The second-order valence-electron chi connectivity index (χ2n) is 6.36. The van der Waals surface area contributed by atoms with Crippen LogP contribution in [0.4, 0.5) is 11.4 Å². The number of anilines is 2. The SMILES string of the molecule is CCOC(=O)[C@@]1(C)C=C(Nc2ccccc2C(=O)[O-])C(=O)N1c1ccccc1. The normalized spacial score (nSPS) is 18.6. The molecule has 144 valence electrons. The van der Waals surface area contributed by atoms with Crippen molar-refractivity contribution >= 4 is 29.2 Å². The first-order valence-electron chi connectivity index (χ1n) is 8.75. The summed E-state index contributed by atoms with van der Waals surface area (Å²) >= 11 is 0. The van der Waals surface area contributed by atoms with Crippen molar-refractivity contribution in [3.63, 3.8) is 0 Å². The summed E-state index contributed by atoms with van der Waals surface area (Å²) in [5.74, 6) is -2.44. The zero-order chi connectivity index (χ0) is 20.3. The molecule has 2 aromatic rings. The number of carbonyl (C=O) groups excluding carboxylic acids is 3. The van der Waals surface area contributed by atoms with E-state index in [0.29, 0.717) is 5.69 Å². The standard InChI is InChI=1S/C21H20N2O5/c1-3-28-20(27)21(2)13-17(18(24)23(21)14-9-5-4-6-10-14)22-16-12-8-7-11-15(16)19(25)26/h4-13,22H,3H2,1-2H3,(H,25,26)/p-1/t21-/m1/s1. The number of aromatic carboxylic acids is 1. The minimum absolute atomic E-state index is 0.0770. The maximum atomic E-state index is 13.1. The van der Waals surface area contributed by atoms with Crippen LogP contribution in [0.2, 0.25) is 0 Å². The third-order valence-electron chi connectivity index (χ3n) is 4.44. The molecule has 0 radical (unpaired) electrons. The molecule has 1 heterocycles. The van der Waals surface area contributed by atoms with Crippen LogP contribution in [0.5, 0.6) is 0 Å². The number of carbonyl (C=O) groups is 3. The average Bonchev–Trinajstić information content (AvgIpc) is 2.94. The smallest absolute Gasteiger partial charge is 0.336 e. The van der Waals surface area contributed by atoms with Gasteiger partial charge in [-0.25, -0.2) is 4.79 Å². The molecule has 0 aromatic heterocycles. The number of benzene rings is 2.